The first-order valence-corrected chi connectivity index (χ1v) is 7.99. The Bertz CT molecular complexity index is 672. The first-order chi connectivity index (χ1) is 11.2. The van der Waals surface area contributed by atoms with Gasteiger partial charge in [0.2, 0.25) is 5.91 Å². The molecule has 1 fully saturated rings. The molecule has 1 saturated heterocycles. The van der Waals surface area contributed by atoms with E-state index in [2.05, 4.69) is 5.32 Å². The van der Waals surface area contributed by atoms with Crippen LogP contribution in [-0.2, 0) is 4.79 Å². The van der Waals surface area contributed by atoms with Crippen molar-refractivity contribution in [2.75, 3.05) is 20.1 Å². The SMILES string of the molecule is CN[C@@H](C(=O)N1CC(Oc2ccccc2Cl)C1)c1ccccc1. The van der Waals surface area contributed by atoms with Crippen molar-refractivity contribution in [3.8, 4) is 5.75 Å². The summed E-state index contributed by atoms with van der Waals surface area (Å²) in [6.45, 7) is 1.16. The van der Waals surface area contributed by atoms with Crippen LogP contribution >= 0.6 is 11.6 Å². The first kappa shape index (κ1) is 15.8. The van der Waals surface area contributed by atoms with E-state index in [4.69, 9.17) is 16.3 Å². The number of nitrogens with one attached hydrogen (secondary N) is 1. The molecule has 0 aliphatic carbocycles. The first-order valence-electron chi connectivity index (χ1n) is 7.61. The number of hydrogen-bond donors (Lipinski definition) is 1. The number of ether oxygens (including phenoxy) is 1. The van der Waals surface area contributed by atoms with Gasteiger partial charge in [-0.3, -0.25) is 4.79 Å². The molecule has 5 heteroatoms. The number of carbonyl (C=O) groups excluding carboxylic acids is 1. The van der Waals surface area contributed by atoms with Gasteiger partial charge in [-0.15, -0.1) is 0 Å². The van der Waals surface area contributed by atoms with Crippen molar-refractivity contribution in [1.82, 2.24) is 10.2 Å². The minimum Gasteiger partial charge on any atom is -0.485 e. The van der Waals surface area contributed by atoms with Gasteiger partial charge in [-0.05, 0) is 24.7 Å². The third kappa shape index (κ3) is 3.49. The van der Waals surface area contributed by atoms with E-state index in [1.165, 1.54) is 0 Å². The van der Waals surface area contributed by atoms with Crippen molar-refractivity contribution in [3.05, 3.63) is 65.2 Å². The second kappa shape index (κ2) is 7.02. The summed E-state index contributed by atoms with van der Waals surface area (Å²) in [6.07, 6.45) is -0.00729. The van der Waals surface area contributed by atoms with Crippen molar-refractivity contribution < 1.29 is 9.53 Å². The van der Waals surface area contributed by atoms with Crippen LogP contribution in [0.2, 0.25) is 5.02 Å². The Morgan fingerprint density at radius 2 is 1.83 bits per heavy atom. The van der Waals surface area contributed by atoms with E-state index in [0.29, 0.717) is 23.9 Å². The standard InChI is InChI=1S/C18H19ClN2O2/c1-20-17(13-7-3-2-4-8-13)18(22)21-11-14(12-21)23-16-10-6-5-9-15(16)19/h2-10,14,17,20H,11-12H2,1H3/t17-/m1/s1. The molecule has 1 atom stereocenters. The van der Waals surface area contributed by atoms with E-state index in [9.17, 15) is 4.79 Å². The minimum atomic E-state index is -0.322. The highest BCUT2D eigenvalue weighted by atomic mass is 35.5. The smallest absolute Gasteiger partial charge is 0.244 e. The summed E-state index contributed by atoms with van der Waals surface area (Å²) < 4.78 is 5.83. The topological polar surface area (TPSA) is 41.6 Å². The lowest BCUT2D eigenvalue weighted by atomic mass is 10.0. The number of amides is 1. The molecule has 1 heterocycles. The van der Waals surface area contributed by atoms with E-state index in [-0.39, 0.29) is 18.1 Å². The lowest BCUT2D eigenvalue weighted by Gasteiger charge is -2.40. The molecular weight excluding hydrogens is 312 g/mol. The monoisotopic (exact) mass is 330 g/mol. The lowest BCUT2D eigenvalue weighted by Crippen LogP contribution is -2.58. The summed E-state index contributed by atoms with van der Waals surface area (Å²) in [6, 6.07) is 16.8. The number of rotatable bonds is 5. The van der Waals surface area contributed by atoms with Crippen LogP contribution in [0.5, 0.6) is 5.75 Å². The van der Waals surface area contributed by atoms with E-state index in [0.717, 1.165) is 5.56 Å². The van der Waals surface area contributed by atoms with Gasteiger partial charge in [0, 0.05) is 0 Å². The molecule has 120 valence electrons. The Balaban J connectivity index is 1.58. The average molecular weight is 331 g/mol. The quantitative estimate of drug-likeness (QED) is 0.916. The normalized spacial score (nSPS) is 15.8. The second-order valence-electron chi connectivity index (χ2n) is 5.55. The van der Waals surface area contributed by atoms with E-state index in [1.54, 1.807) is 18.0 Å². The van der Waals surface area contributed by atoms with Gasteiger partial charge in [0.05, 0.1) is 18.1 Å². The van der Waals surface area contributed by atoms with Gasteiger partial charge in [0.1, 0.15) is 17.9 Å². The average Bonchev–Trinajstić information content (AvgIpc) is 2.53. The minimum absolute atomic E-state index is 0.00729. The lowest BCUT2D eigenvalue weighted by molar-refractivity contribution is -0.142. The molecule has 2 aromatic carbocycles. The fourth-order valence-electron chi connectivity index (χ4n) is 2.67. The van der Waals surface area contributed by atoms with Crippen molar-refractivity contribution in [2.45, 2.75) is 12.1 Å². The molecule has 0 bridgehead atoms. The zero-order valence-electron chi connectivity index (χ0n) is 12.9. The Kier molecular flexibility index (Phi) is 4.84. The van der Waals surface area contributed by atoms with Gasteiger partial charge in [0.25, 0.3) is 0 Å². The fraction of sp³-hybridized carbons (Fsp3) is 0.278. The number of likely N-dealkylation sites (N-methyl/N-ethyl adjacent to an activating group) is 1. The fourth-order valence-corrected chi connectivity index (χ4v) is 2.85. The van der Waals surface area contributed by atoms with Gasteiger partial charge in [-0.25, -0.2) is 0 Å². The molecule has 1 aliphatic rings. The molecule has 1 aliphatic heterocycles. The number of hydrogen-bond acceptors (Lipinski definition) is 3. The van der Waals surface area contributed by atoms with Crippen molar-refractivity contribution in [1.29, 1.82) is 0 Å². The predicted octanol–water partition coefficient (Wildman–Crippen LogP) is 2.89. The summed E-state index contributed by atoms with van der Waals surface area (Å²) >= 11 is 6.09. The summed E-state index contributed by atoms with van der Waals surface area (Å²) in [5.41, 5.74) is 0.968. The van der Waals surface area contributed by atoms with Crippen molar-refractivity contribution in [3.63, 3.8) is 0 Å². The zero-order valence-corrected chi connectivity index (χ0v) is 13.7. The highest BCUT2D eigenvalue weighted by molar-refractivity contribution is 6.32. The van der Waals surface area contributed by atoms with Crippen molar-refractivity contribution >= 4 is 17.5 Å². The molecule has 0 spiro atoms. The Morgan fingerprint density at radius 3 is 2.48 bits per heavy atom. The number of benzene rings is 2. The molecule has 0 radical (unpaired) electrons. The number of nitrogens with zero attached hydrogens (tertiary/aromatic N) is 1. The van der Waals surface area contributed by atoms with Crippen LogP contribution in [0.25, 0.3) is 0 Å². The Hall–Kier alpha value is -2.04. The van der Waals surface area contributed by atoms with Crippen LogP contribution in [0.1, 0.15) is 11.6 Å². The number of halogens is 1. The van der Waals surface area contributed by atoms with E-state index >= 15 is 0 Å². The largest absolute Gasteiger partial charge is 0.485 e. The number of para-hydroxylation sites is 1. The van der Waals surface area contributed by atoms with Gasteiger partial charge in [0.15, 0.2) is 0 Å². The van der Waals surface area contributed by atoms with Crippen LogP contribution in [0.15, 0.2) is 54.6 Å². The summed E-state index contributed by atoms with van der Waals surface area (Å²) in [5.74, 6) is 0.734. The van der Waals surface area contributed by atoms with Crippen LogP contribution in [0.4, 0.5) is 0 Å². The van der Waals surface area contributed by atoms with Crippen molar-refractivity contribution in [2.24, 2.45) is 0 Å². The molecule has 0 unspecified atom stereocenters. The maximum Gasteiger partial charge on any atom is 0.244 e. The highest BCUT2D eigenvalue weighted by Gasteiger charge is 2.36. The van der Waals surface area contributed by atoms with E-state index in [1.807, 2.05) is 48.5 Å². The van der Waals surface area contributed by atoms with Crippen LogP contribution in [0.3, 0.4) is 0 Å². The van der Waals surface area contributed by atoms with Gasteiger partial charge in [-0.1, -0.05) is 54.1 Å². The third-order valence-corrected chi connectivity index (χ3v) is 4.27. The maximum absolute atomic E-state index is 12.6. The van der Waals surface area contributed by atoms with Gasteiger partial charge >= 0.3 is 0 Å². The second-order valence-corrected chi connectivity index (χ2v) is 5.95. The van der Waals surface area contributed by atoms with E-state index < -0.39 is 0 Å². The number of likely N-dealkylation sites (tertiary alicyclic amines) is 1. The zero-order chi connectivity index (χ0) is 16.2. The molecule has 0 aromatic heterocycles. The summed E-state index contributed by atoms with van der Waals surface area (Å²) in [5, 5.41) is 3.68. The molecule has 1 amide bonds. The Labute approximate surface area is 141 Å². The number of carbonyl (C=O) groups is 1. The molecule has 4 nitrogen and oxygen atoms in total. The molecular formula is C18H19ClN2O2. The van der Waals surface area contributed by atoms with Crippen LogP contribution < -0.4 is 10.1 Å². The van der Waals surface area contributed by atoms with Gasteiger partial charge in [-0.2, -0.15) is 0 Å². The maximum atomic E-state index is 12.6. The van der Waals surface area contributed by atoms with Gasteiger partial charge < -0.3 is 15.0 Å². The van der Waals surface area contributed by atoms with Crippen LogP contribution in [0, 0.1) is 0 Å². The molecule has 2 aromatic rings. The summed E-state index contributed by atoms with van der Waals surface area (Å²) in [7, 11) is 1.80. The molecule has 3 rings (SSSR count). The highest BCUT2D eigenvalue weighted by Crippen LogP contribution is 2.27. The molecule has 0 saturated carbocycles. The third-order valence-electron chi connectivity index (χ3n) is 3.96. The molecule has 23 heavy (non-hydrogen) atoms. The predicted molar refractivity (Wildman–Crippen MR) is 90.7 cm³/mol. The summed E-state index contributed by atoms with van der Waals surface area (Å²) in [4.78, 5) is 14.4. The Morgan fingerprint density at radius 1 is 1.17 bits per heavy atom. The van der Waals surface area contributed by atoms with Crippen LogP contribution in [-0.4, -0.2) is 37.0 Å². The molecule has 1 N–H and O–H groups in total.